The maximum atomic E-state index is 12.0. The van der Waals surface area contributed by atoms with Crippen molar-refractivity contribution in [3.63, 3.8) is 0 Å². The van der Waals surface area contributed by atoms with Crippen molar-refractivity contribution in [2.75, 3.05) is 20.3 Å². The summed E-state index contributed by atoms with van der Waals surface area (Å²) in [7, 11) is 1.44. The molecule has 2 atom stereocenters. The topological polar surface area (TPSA) is 47.6 Å². The molecular weight excluding hydrogens is 266 g/mol. The van der Waals surface area contributed by atoms with Crippen LogP contribution in [0.1, 0.15) is 72.6 Å². The fourth-order valence-electron chi connectivity index (χ4n) is 2.48. The molecule has 21 heavy (non-hydrogen) atoms. The monoisotopic (exact) mass is 301 g/mol. The summed E-state index contributed by atoms with van der Waals surface area (Å²) in [6, 6.07) is 0. The third-order valence-electron chi connectivity index (χ3n) is 3.75. The fourth-order valence-corrected chi connectivity index (χ4v) is 2.48. The van der Waals surface area contributed by atoms with Gasteiger partial charge in [-0.1, -0.05) is 39.5 Å². The van der Waals surface area contributed by atoms with Crippen molar-refractivity contribution in [3.8, 4) is 0 Å². The highest BCUT2D eigenvalue weighted by molar-refractivity contribution is 5.80. The molecule has 0 rings (SSSR count). The molecule has 0 fully saturated rings. The van der Waals surface area contributed by atoms with Gasteiger partial charge in [-0.2, -0.15) is 0 Å². The number of methoxy groups -OCH3 is 1. The molecule has 0 radical (unpaired) electrons. The van der Waals surface area contributed by atoms with Crippen LogP contribution in [0.5, 0.6) is 0 Å². The summed E-state index contributed by atoms with van der Waals surface area (Å²) in [4.78, 5) is 12.0. The van der Waals surface area contributed by atoms with Crippen LogP contribution in [0.4, 0.5) is 0 Å². The lowest BCUT2D eigenvalue weighted by molar-refractivity contribution is -0.149. The Labute approximate surface area is 131 Å². The molecule has 0 aromatic heterocycles. The van der Waals surface area contributed by atoms with Crippen LogP contribution < -0.4 is 5.32 Å². The Morgan fingerprint density at radius 1 is 1.14 bits per heavy atom. The lowest BCUT2D eigenvalue weighted by Crippen LogP contribution is -2.52. The zero-order valence-corrected chi connectivity index (χ0v) is 14.7. The number of hydrogen-bond donors (Lipinski definition) is 1. The smallest absolute Gasteiger partial charge is 0.325 e. The van der Waals surface area contributed by atoms with Gasteiger partial charge in [0.15, 0.2) is 0 Å². The molecule has 0 heterocycles. The Balaban J connectivity index is 4.09. The predicted molar refractivity (Wildman–Crippen MR) is 87.5 cm³/mol. The van der Waals surface area contributed by atoms with Crippen molar-refractivity contribution < 1.29 is 14.3 Å². The van der Waals surface area contributed by atoms with Crippen molar-refractivity contribution >= 4 is 5.97 Å². The van der Waals surface area contributed by atoms with Gasteiger partial charge in [-0.15, -0.1) is 0 Å². The number of nitrogens with one attached hydrogen (secondary N) is 1. The lowest BCUT2D eigenvalue weighted by atomic mass is 9.94. The van der Waals surface area contributed by atoms with E-state index in [1.54, 1.807) is 0 Å². The molecule has 0 bridgehead atoms. The third kappa shape index (κ3) is 9.10. The molecule has 4 nitrogen and oxygen atoms in total. The second kappa shape index (κ2) is 12.0. The summed E-state index contributed by atoms with van der Waals surface area (Å²) in [6.07, 6.45) is 7.84. The second-order valence-corrected chi connectivity index (χ2v) is 6.05. The van der Waals surface area contributed by atoms with Gasteiger partial charge >= 0.3 is 5.97 Å². The first-order valence-electron chi connectivity index (χ1n) is 8.45. The van der Waals surface area contributed by atoms with Gasteiger partial charge in [0.1, 0.15) is 5.54 Å². The molecule has 0 saturated carbocycles. The SMILES string of the molecule is CCCCCCCOC(C)CC(C)(NCCC)C(=O)OC. The summed E-state index contributed by atoms with van der Waals surface area (Å²) in [5, 5.41) is 3.29. The predicted octanol–water partition coefficient (Wildman–Crippen LogP) is 3.68. The van der Waals surface area contributed by atoms with Crippen LogP contribution >= 0.6 is 0 Å². The Morgan fingerprint density at radius 2 is 1.81 bits per heavy atom. The molecule has 0 aromatic carbocycles. The van der Waals surface area contributed by atoms with E-state index in [2.05, 4.69) is 19.2 Å². The summed E-state index contributed by atoms with van der Waals surface area (Å²) >= 11 is 0. The van der Waals surface area contributed by atoms with Crippen LogP contribution in [-0.2, 0) is 14.3 Å². The van der Waals surface area contributed by atoms with Crippen LogP contribution in [0.15, 0.2) is 0 Å². The van der Waals surface area contributed by atoms with Crippen LogP contribution in [0, 0.1) is 0 Å². The average molecular weight is 301 g/mol. The highest BCUT2D eigenvalue weighted by Gasteiger charge is 2.35. The lowest BCUT2D eigenvalue weighted by Gasteiger charge is -2.30. The quantitative estimate of drug-likeness (QED) is 0.416. The summed E-state index contributed by atoms with van der Waals surface area (Å²) in [5.74, 6) is -0.214. The van der Waals surface area contributed by atoms with E-state index < -0.39 is 5.54 Å². The summed E-state index contributed by atoms with van der Waals surface area (Å²) < 4.78 is 10.8. The number of carbonyl (C=O) groups is 1. The number of rotatable bonds is 13. The summed E-state index contributed by atoms with van der Waals surface area (Å²) in [5.41, 5.74) is -0.660. The van der Waals surface area contributed by atoms with Gasteiger partial charge < -0.3 is 14.8 Å². The van der Waals surface area contributed by atoms with Gasteiger partial charge in [-0.3, -0.25) is 4.79 Å². The minimum Gasteiger partial charge on any atom is -0.468 e. The first-order valence-corrected chi connectivity index (χ1v) is 8.45. The van der Waals surface area contributed by atoms with Gasteiger partial charge in [-0.05, 0) is 33.2 Å². The highest BCUT2D eigenvalue weighted by Crippen LogP contribution is 2.17. The third-order valence-corrected chi connectivity index (χ3v) is 3.75. The highest BCUT2D eigenvalue weighted by atomic mass is 16.5. The number of ether oxygens (including phenoxy) is 2. The molecule has 0 aliphatic carbocycles. The minimum atomic E-state index is -0.660. The molecule has 4 heteroatoms. The van der Waals surface area contributed by atoms with E-state index in [4.69, 9.17) is 9.47 Å². The molecule has 126 valence electrons. The minimum absolute atomic E-state index is 0.0460. The van der Waals surface area contributed by atoms with Crippen LogP contribution in [-0.4, -0.2) is 37.9 Å². The van der Waals surface area contributed by atoms with E-state index in [1.165, 1.54) is 32.8 Å². The molecule has 0 saturated heterocycles. The summed E-state index contributed by atoms with van der Waals surface area (Å²) in [6.45, 7) is 9.80. The Hall–Kier alpha value is -0.610. The van der Waals surface area contributed by atoms with Crippen LogP contribution in [0.2, 0.25) is 0 Å². The maximum absolute atomic E-state index is 12.0. The van der Waals surface area contributed by atoms with Gasteiger partial charge in [-0.25, -0.2) is 0 Å². The molecule has 0 spiro atoms. The zero-order chi connectivity index (χ0) is 16.1. The van der Waals surface area contributed by atoms with E-state index in [0.717, 1.165) is 26.0 Å². The standard InChI is InChI=1S/C17H35NO3/c1-6-8-9-10-11-13-21-15(3)14-17(4,16(19)20-5)18-12-7-2/h15,18H,6-14H2,1-5H3. The Kier molecular flexibility index (Phi) is 11.6. The van der Waals surface area contributed by atoms with E-state index in [-0.39, 0.29) is 12.1 Å². The Bertz CT molecular complexity index is 271. The van der Waals surface area contributed by atoms with Crippen LogP contribution in [0.25, 0.3) is 0 Å². The van der Waals surface area contributed by atoms with E-state index in [0.29, 0.717) is 6.42 Å². The molecule has 0 amide bonds. The van der Waals surface area contributed by atoms with Gasteiger partial charge in [0, 0.05) is 13.0 Å². The number of hydrogen-bond acceptors (Lipinski definition) is 4. The normalized spacial score (nSPS) is 15.5. The molecule has 0 aliphatic heterocycles. The number of esters is 1. The van der Waals surface area contributed by atoms with Crippen molar-refractivity contribution in [3.05, 3.63) is 0 Å². The van der Waals surface area contributed by atoms with Gasteiger partial charge in [0.25, 0.3) is 0 Å². The molecule has 0 aliphatic rings. The van der Waals surface area contributed by atoms with Crippen molar-refractivity contribution in [1.29, 1.82) is 0 Å². The van der Waals surface area contributed by atoms with E-state index >= 15 is 0 Å². The zero-order valence-electron chi connectivity index (χ0n) is 14.7. The van der Waals surface area contributed by atoms with E-state index in [1.807, 2.05) is 13.8 Å². The maximum Gasteiger partial charge on any atom is 0.325 e. The molecular formula is C17H35NO3. The van der Waals surface area contributed by atoms with Crippen molar-refractivity contribution in [1.82, 2.24) is 5.32 Å². The average Bonchev–Trinajstić information content (AvgIpc) is 2.47. The molecule has 1 N–H and O–H groups in total. The molecule has 2 unspecified atom stereocenters. The number of carbonyl (C=O) groups excluding carboxylic acids is 1. The molecule has 0 aromatic rings. The second-order valence-electron chi connectivity index (χ2n) is 6.05. The van der Waals surface area contributed by atoms with E-state index in [9.17, 15) is 4.79 Å². The first kappa shape index (κ1) is 20.4. The Morgan fingerprint density at radius 3 is 2.38 bits per heavy atom. The van der Waals surface area contributed by atoms with Gasteiger partial charge in [0.05, 0.1) is 13.2 Å². The van der Waals surface area contributed by atoms with Crippen molar-refractivity contribution in [2.45, 2.75) is 84.3 Å². The van der Waals surface area contributed by atoms with Crippen LogP contribution in [0.3, 0.4) is 0 Å². The first-order chi connectivity index (χ1) is 10.00. The fraction of sp³-hybridized carbons (Fsp3) is 0.941. The largest absolute Gasteiger partial charge is 0.468 e. The van der Waals surface area contributed by atoms with Crippen molar-refractivity contribution in [2.24, 2.45) is 0 Å². The number of unbranched alkanes of at least 4 members (excludes halogenated alkanes) is 4. The van der Waals surface area contributed by atoms with Gasteiger partial charge in [0.2, 0.25) is 0 Å².